The standard InChI is InChI=1S/C24H31NO3S/c1-17(28-6)15-18-7-9-19(10-8-18)25-29(26,27)20-11-12-21-22(16-20)24(4,5)14-13-23(21,2)3/h7-12,16,25H,1,13-15H2,2-6H3. The SMILES string of the molecule is C=C(Cc1ccc(NS(=O)(=O)c2ccc3c(c2)C(C)(C)CCC3(C)C)cc1)OC. The fourth-order valence-electron chi connectivity index (χ4n) is 3.94. The van der Waals surface area contributed by atoms with E-state index in [0.29, 0.717) is 22.8 Å². The molecule has 29 heavy (non-hydrogen) atoms. The Hall–Kier alpha value is -2.27. The largest absolute Gasteiger partial charge is 0.501 e. The van der Waals surface area contributed by atoms with E-state index in [1.54, 1.807) is 25.3 Å². The van der Waals surface area contributed by atoms with Crippen molar-refractivity contribution in [3.8, 4) is 0 Å². The molecule has 0 fully saturated rings. The summed E-state index contributed by atoms with van der Waals surface area (Å²) in [4.78, 5) is 0.305. The predicted molar refractivity (Wildman–Crippen MR) is 119 cm³/mol. The number of sulfonamides is 1. The molecule has 0 aliphatic heterocycles. The lowest BCUT2D eigenvalue weighted by molar-refractivity contribution is 0.285. The maximum atomic E-state index is 13.0. The van der Waals surface area contributed by atoms with E-state index in [0.717, 1.165) is 24.0 Å². The zero-order valence-corrected chi connectivity index (χ0v) is 18.8. The van der Waals surface area contributed by atoms with Crippen molar-refractivity contribution < 1.29 is 13.2 Å². The Morgan fingerprint density at radius 2 is 1.59 bits per heavy atom. The summed E-state index contributed by atoms with van der Waals surface area (Å²) in [6.45, 7) is 12.7. The van der Waals surface area contributed by atoms with Crippen LogP contribution in [0.2, 0.25) is 0 Å². The zero-order valence-electron chi connectivity index (χ0n) is 18.0. The third-order valence-electron chi connectivity index (χ3n) is 6.03. The van der Waals surface area contributed by atoms with Gasteiger partial charge in [-0.25, -0.2) is 8.42 Å². The molecular weight excluding hydrogens is 382 g/mol. The summed E-state index contributed by atoms with van der Waals surface area (Å²) in [5.74, 6) is 0.665. The number of benzene rings is 2. The molecule has 0 spiro atoms. The first-order valence-corrected chi connectivity index (χ1v) is 11.4. The summed E-state index contributed by atoms with van der Waals surface area (Å²) < 4.78 is 33.8. The molecule has 0 heterocycles. The summed E-state index contributed by atoms with van der Waals surface area (Å²) in [6.07, 6.45) is 2.73. The zero-order chi connectivity index (χ0) is 21.4. The van der Waals surface area contributed by atoms with Gasteiger partial charge in [-0.3, -0.25) is 4.72 Å². The van der Waals surface area contributed by atoms with Crippen molar-refractivity contribution >= 4 is 15.7 Å². The molecule has 1 aliphatic rings. The highest BCUT2D eigenvalue weighted by atomic mass is 32.2. The van der Waals surface area contributed by atoms with Crippen LogP contribution in [0, 0.1) is 0 Å². The average Bonchev–Trinajstić information content (AvgIpc) is 2.66. The monoisotopic (exact) mass is 413 g/mol. The molecule has 1 N–H and O–H groups in total. The third-order valence-corrected chi connectivity index (χ3v) is 7.41. The fourth-order valence-corrected chi connectivity index (χ4v) is 5.02. The lowest BCUT2D eigenvalue weighted by atomic mass is 9.63. The van der Waals surface area contributed by atoms with Gasteiger partial charge in [-0.2, -0.15) is 0 Å². The van der Waals surface area contributed by atoms with E-state index in [9.17, 15) is 8.42 Å². The second-order valence-corrected chi connectivity index (χ2v) is 10.9. The highest BCUT2D eigenvalue weighted by molar-refractivity contribution is 7.92. The van der Waals surface area contributed by atoms with E-state index in [1.807, 2.05) is 24.3 Å². The molecule has 0 aromatic heterocycles. The summed E-state index contributed by atoms with van der Waals surface area (Å²) in [6, 6.07) is 12.9. The maximum absolute atomic E-state index is 13.0. The Morgan fingerprint density at radius 1 is 1.00 bits per heavy atom. The molecule has 0 bridgehead atoms. The number of hydrogen-bond donors (Lipinski definition) is 1. The summed E-state index contributed by atoms with van der Waals surface area (Å²) >= 11 is 0. The molecule has 0 saturated carbocycles. The first-order chi connectivity index (χ1) is 13.4. The number of ether oxygens (including phenoxy) is 1. The lowest BCUT2D eigenvalue weighted by Crippen LogP contribution is -2.34. The summed E-state index contributed by atoms with van der Waals surface area (Å²) in [5.41, 5.74) is 3.94. The molecule has 5 heteroatoms. The van der Waals surface area contributed by atoms with Crippen molar-refractivity contribution in [2.75, 3.05) is 11.8 Å². The van der Waals surface area contributed by atoms with Crippen molar-refractivity contribution in [1.29, 1.82) is 0 Å². The lowest BCUT2D eigenvalue weighted by Gasteiger charge is -2.42. The van der Waals surface area contributed by atoms with Crippen LogP contribution in [0.4, 0.5) is 5.69 Å². The van der Waals surface area contributed by atoms with E-state index in [2.05, 4.69) is 39.0 Å². The van der Waals surface area contributed by atoms with Crippen molar-refractivity contribution in [2.45, 2.75) is 62.7 Å². The topological polar surface area (TPSA) is 55.4 Å². The normalized spacial score (nSPS) is 17.3. The molecule has 3 rings (SSSR count). The van der Waals surface area contributed by atoms with Crippen LogP contribution in [0.25, 0.3) is 0 Å². The number of allylic oxidation sites excluding steroid dienone is 1. The van der Waals surface area contributed by atoms with E-state index in [1.165, 1.54) is 5.56 Å². The number of rotatable bonds is 6. The first-order valence-electron chi connectivity index (χ1n) is 9.93. The van der Waals surface area contributed by atoms with E-state index in [-0.39, 0.29) is 10.8 Å². The molecule has 4 nitrogen and oxygen atoms in total. The van der Waals surface area contributed by atoms with Crippen LogP contribution < -0.4 is 4.72 Å². The van der Waals surface area contributed by atoms with E-state index >= 15 is 0 Å². The van der Waals surface area contributed by atoms with Crippen LogP contribution in [0.3, 0.4) is 0 Å². The van der Waals surface area contributed by atoms with Gasteiger partial charge in [-0.1, -0.05) is 52.5 Å². The Labute approximate surface area is 175 Å². The second kappa shape index (κ2) is 7.52. The highest BCUT2D eigenvalue weighted by Crippen LogP contribution is 2.46. The van der Waals surface area contributed by atoms with Gasteiger partial charge in [0, 0.05) is 12.1 Å². The quantitative estimate of drug-likeness (QED) is 0.633. The minimum Gasteiger partial charge on any atom is -0.501 e. The number of methoxy groups -OCH3 is 1. The number of hydrogen-bond acceptors (Lipinski definition) is 3. The minimum absolute atomic E-state index is 0.0399. The minimum atomic E-state index is -3.67. The smallest absolute Gasteiger partial charge is 0.261 e. The van der Waals surface area contributed by atoms with Crippen LogP contribution >= 0.6 is 0 Å². The molecule has 2 aromatic rings. The molecule has 0 atom stereocenters. The van der Waals surface area contributed by atoms with Gasteiger partial charge in [0.05, 0.1) is 17.8 Å². The van der Waals surface area contributed by atoms with Gasteiger partial charge in [0.15, 0.2) is 0 Å². The Kier molecular flexibility index (Phi) is 5.56. The van der Waals surface area contributed by atoms with Gasteiger partial charge in [0.1, 0.15) is 0 Å². The van der Waals surface area contributed by atoms with Crippen LogP contribution in [0.1, 0.15) is 57.2 Å². The fraction of sp³-hybridized carbons (Fsp3) is 0.417. The highest BCUT2D eigenvalue weighted by Gasteiger charge is 2.37. The molecule has 2 aromatic carbocycles. The van der Waals surface area contributed by atoms with Gasteiger partial charge in [-0.15, -0.1) is 0 Å². The molecule has 0 saturated heterocycles. The number of fused-ring (bicyclic) bond motifs is 1. The maximum Gasteiger partial charge on any atom is 0.261 e. The van der Waals surface area contributed by atoms with Crippen LogP contribution in [0.5, 0.6) is 0 Å². The van der Waals surface area contributed by atoms with Crippen molar-refractivity contribution in [3.63, 3.8) is 0 Å². The van der Waals surface area contributed by atoms with Gasteiger partial charge in [0.2, 0.25) is 0 Å². The summed E-state index contributed by atoms with van der Waals surface area (Å²) in [7, 11) is -2.08. The number of anilines is 1. The van der Waals surface area contributed by atoms with Gasteiger partial charge in [0.25, 0.3) is 10.0 Å². The Balaban J connectivity index is 1.88. The molecule has 0 unspecified atom stereocenters. The number of nitrogens with one attached hydrogen (secondary N) is 1. The van der Waals surface area contributed by atoms with Gasteiger partial charge in [-0.05, 0) is 64.6 Å². The first kappa shape index (κ1) is 21.4. The Morgan fingerprint density at radius 3 is 2.17 bits per heavy atom. The van der Waals surface area contributed by atoms with Crippen LogP contribution in [-0.4, -0.2) is 15.5 Å². The van der Waals surface area contributed by atoms with Crippen molar-refractivity contribution in [2.24, 2.45) is 0 Å². The third kappa shape index (κ3) is 4.50. The summed E-state index contributed by atoms with van der Waals surface area (Å²) in [5, 5.41) is 0. The van der Waals surface area contributed by atoms with Crippen molar-refractivity contribution in [3.05, 3.63) is 71.5 Å². The Bertz CT molecular complexity index is 1020. The van der Waals surface area contributed by atoms with Gasteiger partial charge >= 0.3 is 0 Å². The van der Waals surface area contributed by atoms with E-state index < -0.39 is 10.0 Å². The molecule has 1 aliphatic carbocycles. The van der Waals surface area contributed by atoms with Gasteiger partial charge < -0.3 is 4.74 Å². The second-order valence-electron chi connectivity index (χ2n) is 9.20. The van der Waals surface area contributed by atoms with E-state index in [4.69, 9.17) is 4.74 Å². The predicted octanol–water partition coefficient (Wildman–Crippen LogP) is 5.54. The molecular formula is C24H31NO3S. The molecule has 0 amide bonds. The average molecular weight is 414 g/mol. The molecule has 156 valence electrons. The van der Waals surface area contributed by atoms with Crippen LogP contribution in [0.15, 0.2) is 59.7 Å². The van der Waals surface area contributed by atoms with Crippen LogP contribution in [-0.2, 0) is 32.0 Å². The van der Waals surface area contributed by atoms with Crippen molar-refractivity contribution in [1.82, 2.24) is 0 Å². The molecule has 0 radical (unpaired) electrons.